The molecule has 24 heavy (non-hydrogen) atoms. The maximum absolute atomic E-state index is 12.9. The fourth-order valence-electron chi connectivity index (χ4n) is 3.37. The Morgan fingerprint density at radius 3 is 2.75 bits per heavy atom. The summed E-state index contributed by atoms with van der Waals surface area (Å²) in [6.45, 7) is 7.30. The lowest BCUT2D eigenvalue weighted by Gasteiger charge is -2.14. The van der Waals surface area contributed by atoms with Gasteiger partial charge in [0.25, 0.3) is 0 Å². The van der Waals surface area contributed by atoms with E-state index in [1.807, 2.05) is 13.8 Å². The van der Waals surface area contributed by atoms with Crippen LogP contribution in [0.15, 0.2) is 23.0 Å². The summed E-state index contributed by atoms with van der Waals surface area (Å²) in [6, 6.07) is 5.16. The van der Waals surface area contributed by atoms with Crippen LogP contribution in [0.3, 0.4) is 0 Å². The van der Waals surface area contributed by atoms with Crippen LogP contribution in [-0.4, -0.2) is 30.6 Å². The van der Waals surface area contributed by atoms with E-state index in [-0.39, 0.29) is 11.4 Å². The first kappa shape index (κ1) is 16.7. The molecule has 5 nitrogen and oxygen atoms in total. The van der Waals surface area contributed by atoms with Gasteiger partial charge in [-0.15, -0.1) is 0 Å². The van der Waals surface area contributed by atoms with Crippen molar-refractivity contribution in [1.29, 1.82) is 0 Å². The van der Waals surface area contributed by atoms with Crippen LogP contribution in [0.4, 0.5) is 0 Å². The van der Waals surface area contributed by atoms with Gasteiger partial charge in [-0.3, -0.25) is 4.79 Å². The van der Waals surface area contributed by atoms with E-state index in [0.717, 1.165) is 42.8 Å². The van der Waals surface area contributed by atoms with Gasteiger partial charge in [0.15, 0.2) is 5.43 Å². The Hall–Kier alpha value is -2.14. The van der Waals surface area contributed by atoms with Gasteiger partial charge in [0, 0.05) is 29.4 Å². The molecule has 2 aromatic rings. The van der Waals surface area contributed by atoms with E-state index in [1.165, 1.54) is 17.7 Å². The molecule has 0 amide bonds. The van der Waals surface area contributed by atoms with E-state index in [0.29, 0.717) is 17.6 Å². The first-order valence-corrected chi connectivity index (χ1v) is 8.76. The molecule has 1 aromatic carbocycles. The number of carbonyl (C=O) groups is 1. The van der Waals surface area contributed by atoms with Gasteiger partial charge in [0.1, 0.15) is 6.54 Å². The third-order valence-electron chi connectivity index (χ3n) is 4.72. The number of aryl methyl sites for hydroxylation is 1. The maximum atomic E-state index is 12.9. The highest BCUT2D eigenvalue weighted by Gasteiger charge is 2.20. The van der Waals surface area contributed by atoms with E-state index in [1.54, 1.807) is 18.2 Å². The minimum Gasteiger partial charge on any atom is -0.462 e. The second kappa shape index (κ2) is 7.18. The molecule has 1 aliphatic heterocycles. The van der Waals surface area contributed by atoms with Crippen molar-refractivity contribution in [2.24, 2.45) is 0 Å². The summed E-state index contributed by atoms with van der Waals surface area (Å²) in [5.41, 5.74) is 2.99. The second-order valence-corrected chi connectivity index (χ2v) is 6.59. The van der Waals surface area contributed by atoms with E-state index in [4.69, 9.17) is 4.74 Å². The topological polar surface area (TPSA) is 63.6 Å². The Bertz CT molecular complexity index is 804. The number of carbonyl (C=O) groups excluding carboxylic acids is 1. The van der Waals surface area contributed by atoms with Gasteiger partial charge in [-0.2, -0.15) is 0 Å². The number of ether oxygens (including phenoxy) is 1. The molecule has 1 aliphatic rings. The molecule has 128 valence electrons. The number of hydrogen-bond donors (Lipinski definition) is 2. The largest absolute Gasteiger partial charge is 0.462 e. The molecule has 0 atom stereocenters. The zero-order chi connectivity index (χ0) is 17.1. The van der Waals surface area contributed by atoms with Gasteiger partial charge in [-0.25, -0.2) is 4.79 Å². The predicted octanol–water partition coefficient (Wildman–Crippen LogP) is 1.58. The van der Waals surface area contributed by atoms with Crippen LogP contribution in [-0.2, 0) is 11.3 Å². The zero-order valence-corrected chi connectivity index (χ0v) is 14.4. The Morgan fingerprint density at radius 2 is 2.04 bits per heavy atom. The summed E-state index contributed by atoms with van der Waals surface area (Å²) in [4.78, 5) is 29.8. The maximum Gasteiger partial charge on any atom is 0.338 e. The molecule has 1 fully saturated rings. The van der Waals surface area contributed by atoms with Crippen LogP contribution >= 0.6 is 0 Å². The average molecular weight is 329 g/mol. The number of pyridine rings is 1. The van der Waals surface area contributed by atoms with Crippen LogP contribution in [0.1, 0.15) is 47.8 Å². The first-order chi connectivity index (χ1) is 11.6. The Kier molecular flexibility index (Phi) is 5.00. The number of benzene rings is 1. The highest BCUT2D eigenvalue weighted by molar-refractivity contribution is 5.94. The summed E-state index contributed by atoms with van der Waals surface area (Å²) >= 11 is 0. The minimum atomic E-state index is -0.370. The van der Waals surface area contributed by atoms with Gasteiger partial charge in [-0.1, -0.05) is 6.92 Å². The number of hydrogen-bond acceptors (Lipinski definition) is 3. The molecule has 1 saturated heterocycles. The highest BCUT2D eigenvalue weighted by Crippen LogP contribution is 2.14. The van der Waals surface area contributed by atoms with Crippen LogP contribution < -0.4 is 10.3 Å². The van der Waals surface area contributed by atoms with Crippen LogP contribution in [0, 0.1) is 6.92 Å². The first-order valence-electron chi connectivity index (χ1n) is 8.76. The molecule has 0 unspecified atom stereocenters. The molecule has 3 rings (SSSR count). The molecular formula is C19H25N2O3+. The summed E-state index contributed by atoms with van der Waals surface area (Å²) < 4.78 is 5.17. The smallest absolute Gasteiger partial charge is 0.338 e. The van der Waals surface area contributed by atoms with Gasteiger partial charge in [-0.05, 0) is 31.5 Å². The van der Waals surface area contributed by atoms with Gasteiger partial charge >= 0.3 is 5.97 Å². The molecule has 0 bridgehead atoms. The Balaban J connectivity index is 1.98. The third kappa shape index (κ3) is 3.36. The van der Waals surface area contributed by atoms with Crippen molar-refractivity contribution < 1.29 is 14.4 Å². The average Bonchev–Trinajstić information content (AvgIpc) is 3.09. The summed E-state index contributed by atoms with van der Waals surface area (Å²) in [5, 5.41) is 0.570. The summed E-state index contributed by atoms with van der Waals surface area (Å²) in [7, 11) is 0. The monoisotopic (exact) mass is 329 g/mol. The molecule has 0 saturated carbocycles. The number of quaternary nitrogens is 1. The Labute approximate surface area is 141 Å². The number of nitrogens with one attached hydrogen (secondary N) is 2. The van der Waals surface area contributed by atoms with Crippen LogP contribution in [0.2, 0.25) is 0 Å². The number of aromatic nitrogens is 1. The van der Waals surface area contributed by atoms with Gasteiger partial charge in [0.2, 0.25) is 0 Å². The van der Waals surface area contributed by atoms with Crippen LogP contribution in [0.25, 0.3) is 10.9 Å². The number of likely N-dealkylation sites (tertiary alicyclic amines) is 1. The van der Waals surface area contributed by atoms with Crippen molar-refractivity contribution in [2.45, 2.75) is 39.7 Å². The standard InChI is InChI=1S/C19H24N2O3/c1-3-10-24-19(23)14-6-7-17-15(11-14)18(22)16(13(2)20-17)12-21-8-4-5-9-21/h6-7,11H,3-5,8-10,12H2,1-2H3,(H,20,22)/p+1. The van der Waals surface area contributed by atoms with Crippen molar-refractivity contribution in [2.75, 3.05) is 19.7 Å². The third-order valence-corrected chi connectivity index (χ3v) is 4.72. The van der Waals surface area contributed by atoms with Crippen molar-refractivity contribution in [3.63, 3.8) is 0 Å². The fourth-order valence-corrected chi connectivity index (χ4v) is 3.37. The van der Waals surface area contributed by atoms with Crippen molar-refractivity contribution in [3.8, 4) is 0 Å². The number of rotatable bonds is 5. The van der Waals surface area contributed by atoms with Crippen LogP contribution in [0.5, 0.6) is 0 Å². The van der Waals surface area contributed by atoms with E-state index >= 15 is 0 Å². The molecule has 5 heteroatoms. The van der Waals surface area contributed by atoms with Gasteiger partial charge in [0.05, 0.1) is 30.8 Å². The zero-order valence-electron chi connectivity index (χ0n) is 14.4. The lowest BCUT2D eigenvalue weighted by Crippen LogP contribution is -3.08. The molecule has 0 radical (unpaired) electrons. The fraction of sp³-hybridized carbons (Fsp3) is 0.474. The Morgan fingerprint density at radius 1 is 1.29 bits per heavy atom. The number of esters is 1. The molecule has 1 aromatic heterocycles. The van der Waals surface area contributed by atoms with E-state index in [9.17, 15) is 9.59 Å². The molecule has 0 spiro atoms. The normalized spacial score (nSPS) is 15.1. The van der Waals surface area contributed by atoms with E-state index < -0.39 is 0 Å². The SMILES string of the molecule is CCCOC(=O)c1ccc2[nH]c(C)c(C[NH+]3CCCC3)c(=O)c2c1. The minimum absolute atomic E-state index is 0.0331. The second-order valence-electron chi connectivity index (χ2n) is 6.59. The highest BCUT2D eigenvalue weighted by atomic mass is 16.5. The van der Waals surface area contributed by atoms with Crippen molar-refractivity contribution in [3.05, 3.63) is 45.2 Å². The lowest BCUT2D eigenvalue weighted by molar-refractivity contribution is -0.901. The molecule has 0 aliphatic carbocycles. The summed E-state index contributed by atoms with van der Waals surface area (Å²) in [5.74, 6) is -0.370. The van der Waals surface area contributed by atoms with Crippen molar-refractivity contribution >= 4 is 16.9 Å². The summed E-state index contributed by atoms with van der Waals surface area (Å²) in [6.07, 6.45) is 3.24. The lowest BCUT2D eigenvalue weighted by atomic mass is 10.1. The predicted molar refractivity (Wildman–Crippen MR) is 93.5 cm³/mol. The quantitative estimate of drug-likeness (QED) is 0.819. The van der Waals surface area contributed by atoms with Crippen molar-refractivity contribution in [1.82, 2.24) is 4.98 Å². The number of fused-ring (bicyclic) bond motifs is 1. The van der Waals surface area contributed by atoms with Gasteiger partial charge < -0.3 is 14.6 Å². The molecular weight excluding hydrogens is 304 g/mol. The number of H-pyrrole nitrogens is 1. The molecule has 2 heterocycles. The number of aromatic amines is 1. The molecule has 2 N–H and O–H groups in total. The van der Waals surface area contributed by atoms with E-state index in [2.05, 4.69) is 4.98 Å².